The Bertz CT molecular complexity index is 340. The standard InChI is InChI=1S/C12H24BO4PS/c1-7(2)15-6-10-11(9(5)12(13)16-10)17-18(14,19)8(3)4/h7-12H,6H2,1-5H3,(H,14,19)/t9-,10+,11?,12+,18?/m0/s1. The van der Waals surface area contributed by atoms with Gasteiger partial charge in [0, 0.05) is 17.6 Å². The molecule has 0 aromatic carbocycles. The molecule has 0 spiro atoms. The largest absolute Gasteiger partial charge is 0.379 e. The Morgan fingerprint density at radius 3 is 2.42 bits per heavy atom. The molecule has 1 heterocycles. The smallest absolute Gasteiger partial charge is 0.189 e. The summed E-state index contributed by atoms with van der Waals surface area (Å²) < 4.78 is 17.0. The molecule has 19 heavy (non-hydrogen) atoms. The van der Waals surface area contributed by atoms with Crippen LogP contribution in [0.15, 0.2) is 0 Å². The normalized spacial score (nSPS) is 34.9. The molecule has 1 aliphatic heterocycles. The van der Waals surface area contributed by atoms with Gasteiger partial charge >= 0.3 is 0 Å². The van der Waals surface area contributed by atoms with Gasteiger partial charge in [-0.3, -0.25) is 0 Å². The van der Waals surface area contributed by atoms with E-state index in [0.29, 0.717) is 6.61 Å². The third-order valence-corrected chi connectivity index (χ3v) is 6.63. The quantitative estimate of drug-likeness (QED) is 0.601. The van der Waals surface area contributed by atoms with E-state index in [9.17, 15) is 4.89 Å². The first kappa shape index (κ1) is 17.6. The minimum absolute atomic E-state index is 0.0195. The third-order valence-electron chi connectivity index (χ3n) is 3.25. The predicted octanol–water partition coefficient (Wildman–Crippen LogP) is 2.04. The summed E-state index contributed by atoms with van der Waals surface area (Å²) in [7, 11) is 5.90. The first-order chi connectivity index (χ1) is 8.65. The highest BCUT2D eigenvalue weighted by Gasteiger charge is 2.43. The number of hydrogen-bond donors (Lipinski definition) is 1. The zero-order valence-corrected chi connectivity index (χ0v) is 14.0. The molecule has 2 unspecified atom stereocenters. The molecule has 0 aliphatic carbocycles. The van der Waals surface area contributed by atoms with E-state index in [1.54, 1.807) is 0 Å². The van der Waals surface area contributed by atoms with Crippen LogP contribution in [0, 0.1) is 5.92 Å². The first-order valence-corrected chi connectivity index (χ1v) is 9.43. The van der Waals surface area contributed by atoms with Gasteiger partial charge in [0.1, 0.15) is 14.0 Å². The minimum Gasteiger partial charge on any atom is -0.379 e. The second-order valence-electron chi connectivity index (χ2n) is 5.61. The van der Waals surface area contributed by atoms with Crippen molar-refractivity contribution >= 4 is 26.1 Å². The topological polar surface area (TPSA) is 47.9 Å². The number of rotatable bonds is 6. The summed E-state index contributed by atoms with van der Waals surface area (Å²) in [6.45, 7) is 7.16. The van der Waals surface area contributed by atoms with Gasteiger partial charge in [-0.05, 0) is 25.7 Å². The summed E-state index contributed by atoms with van der Waals surface area (Å²) in [5.74, 6) is -0.0195. The van der Waals surface area contributed by atoms with Crippen molar-refractivity contribution < 1.29 is 18.9 Å². The maximum absolute atomic E-state index is 10.2. The highest BCUT2D eigenvalue weighted by Crippen LogP contribution is 2.51. The van der Waals surface area contributed by atoms with E-state index < -0.39 is 12.5 Å². The zero-order valence-electron chi connectivity index (χ0n) is 12.3. The highest BCUT2D eigenvalue weighted by molar-refractivity contribution is 8.09. The Labute approximate surface area is 122 Å². The predicted molar refractivity (Wildman–Crippen MR) is 81.2 cm³/mol. The molecular formula is C12H24BO4PS. The Morgan fingerprint density at radius 1 is 1.37 bits per heavy atom. The van der Waals surface area contributed by atoms with Crippen molar-refractivity contribution in [1.82, 2.24) is 0 Å². The first-order valence-electron chi connectivity index (χ1n) is 6.68. The summed E-state index contributed by atoms with van der Waals surface area (Å²) in [6, 6.07) is -0.409. The second-order valence-corrected chi connectivity index (χ2v) is 9.55. The fourth-order valence-electron chi connectivity index (χ4n) is 1.81. The van der Waals surface area contributed by atoms with Gasteiger partial charge in [-0.1, -0.05) is 20.8 Å². The second kappa shape index (κ2) is 7.01. The van der Waals surface area contributed by atoms with Crippen LogP contribution in [0.1, 0.15) is 34.6 Å². The van der Waals surface area contributed by atoms with Gasteiger partial charge in [-0.2, -0.15) is 0 Å². The summed E-state index contributed by atoms with van der Waals surface area (Å²) in [6.07, 6.45) is -0.480. The lowest BCUT2D eigenvalue weighted by Crippen LogP contribution is -2.33. The lowest BCUT2D eigenvalue weighted by atomic mass is 9.86. The Hall–Kier alpha value is 0.555. The molecule has 110 valence electrons. The monoisotopic (exact) mass is 306 g/mol. The summed E-state index contributed by atoms with van der Waals surface area (Å²) in [5.41, 5.74) is -0.0850. The van der Waals surface area contributed by atoms with E-state index in [1.165, 1.54) is 0 Å². The van der Waals surface area contributed by atoms with E-state index in [-0.39, 0.29) is 29.9 Å². The van der Waals surface area contributed by atoms with E-state index in [1.807, 2.05) is 34.6 Å². The van der Waals surface area contributed by atoms with Crippen molar-refractivity contribution in [1.29, 1.82) is 0 Å². The molecule has 0 saturated carbocycles. The van der Waals surface area contributed by atoms with Crippen LogP contribution in [0.2, 0.25) is 0 Å². The van der Waals surface area contributed by atoms with Gasteiger partial charge in [0.05, 0.1) is 18.8 Å². The molecule has 0 amide bonds. The fraction of sp³-hybridized carbons (Fsp3) is 1.00. The van der Waals surface area contributed by atoms with E-state index in [4.69, 9.17) is 33.7 Å². The molecule has 4 nitrogen and oxygen atoms in total. The van der Waals surface area contributed by atoms with Crippen LogP contribution in [0.3, 0.4) is 0 Å². The molecule has 0 bridgehead atoms. The van der Waals surface area contributed by atoms with Crippen LogP contribution in [0.4, 0.5) is 0 Å². The van der Waals surface area contributed by atoms with Crippen molar-refractivity contribution in [3.8, 4) is 0 Å². The Morgan fingerprint density at radius 2 is 1.95 bits per heavy atom. The van der Waals surface area contributed by atoms with Crippen LogP contribution in [-0.2, 0) is 25.8 Å². The van der Waals surface area contributed by atoms with E-state index in [2.05, 4.69) is 0 Å². The van der Waals surface area contributed by atoms with Crippen LogP contribution < -0.4 is 0 Å². The molecule has 1 aliphatic rings. The van der Waals surface area contributed by atoms with Crippen molar-refractivity contribution in [3.63, 3.8) is 0 Å². The van der Waals surface area contributed by atoms with Crippen LogP contribution in [-0.4, -0.2) is 49.3 Å². The van der Waals surface area contributed by atoms with Crippen molar-refractivity contribution in [2.45, 2.75) is 64.6 Å². The molecule has 5 atom stereocenters. The molecule has 0 aromatic heterocycles. The van der Waals surface area contributed by atoms with E-state index >= 15 is 0 Å². The van der Waals surface area contributed by atoms with E-state index in [0.717, 1.165) is 0 Å². The van der Waals surface area contributed by atoms with Gasteiger partial charge in [0.25, 0.3) is 0 Å². The number of ether oxygens (including phenoxy) is 2. The van der Waals surface area contributed by atoms with Gasteiger partial charge in [-0.15, -0.1) is 0 Å². The Balaban J connectivity index is 2.72. The fourth-order valence-corrected chi connectivity index (χ4v) is 3.03. The molecule has 1 rings (SSSR count). The minimum atomic E-state index is -2.82. The van der Waals surface area contributed by atoms with Crippen LogP contribution in [0.25, 0.3) is 0 Å². The van der Waals surface area contributed by atoms with Crippen molar-refractivity contribution in [2.75, 3.05) is 6.61 Å². The summed E-state index contributed by atoms with van der Waals surface area (Å²) >= 11 is 5.19. The maximum Gasteiger partial charge on any atom is 0.189 e. The van der Waals surface area contributed by atoms with Gasteiger partial charge in [-0.25, -0.2) is 0 Å². The van der Waals surface area contributed by atoms with Crippen molar-refractivity contribution in [2.24, 2.45) is 5.92 Å². The van der Waals surface area contributed by atoms with Gasteiger partial charge in [0.15, 0.2) is 6.49 Å². The highest BCUT2D eigenvalue weighted by atomic mass is 32.5. The molecule has 1 fully saturated rings. The average Bonchev–Trinajstić information content (AvgIpc) is 2.53. The Kier molecular flexibility index (Phi) is 6.50. The molecular weight excluding hydrogens is 282 g/mol. The van der Waals surface area contributed by atoms with Gasteiger partial charge < -0.3 is 18.9 Å². The molecule has 0 aromatic rings. The summed E-state index contributed by atoms with van der Waals surface area (Å²) in [5, 5.41) is 0. The van der Waals surface area contributed by atoms with Crippen LogP contribution >= 0.6 is 6.49 Å². The molecule has 2 radical (unpaired) electrons. The van der Waals surface area contributed by atoms with Crippen molar-refractivity contribution in [3.05, 3.63) is 0 Å². The molecule has 1 N–H and O–H groups in total. The average molecular weight is 306 g/mol. The lowest BCUT2D eigenvalue weighted by Gasteiger charge is -2.29. The zero-order chi connectivity index (χ0) is 14.8. The SMILES string of the molecule is [B][C@@H]1O[C@H](COC(C)C)C(OP(O)(=S)C(C)C)[C@@H]1C. The third kappa shape index (κ3) is 4.80. The lowest BCUT2D eigenvalue weighted by molar-refractivity contribution is -0.0418. The molecule has 7 heteroatoms. The molecule has 1 saturated heterocycles. The maximum atomic E-state index is 10.2. The van der Waals surface area contributed by atoms with Gasteiger partial charge in [0.2, 0.25) is 0 Å². The number of hydrogen-bond acceptors (Lipinski definition) is 4. The van der Waals surface area contributed by atoms with Crippen LogP contribution in [0.5, 0.6) is 0 Å². The summed E-state index contributed by atoms with van der Waals surface area (Å²) in [4.78, 5) is 10.2.